The molecule has 2 atom stereocenters. The Labute approximate surface area is 149 Å². The Bertz CT molecular complexity index is 654. The van der Waals surface area contributed by atoms with Gasteiger partial charge in [0, 0.05) is 11.1 Å². The molecule has 0 radical (unpaired) electrons. The number of ether oxygens (including phenoxy) is 1. The molecule has 2 aliphatic heterocycles. The van der Waals surface area contributed by atoms with E-state index in [9.17, 15) is 4.79 Å². The van der Waals surface area contributed by atoms with Crippen LogP contribution < -0.4 is 0 Å². The van der Waals surface area contributed by atoms with Crippen LogP contribution in [0.3, 0.4) is 0 Å². The van der Waals surface area contributed by atoms with Crippen LogP contribution >= 0.6 is 11.6 Å². The minimum atomic E-state index is -0.459. The fourth-order valence-corrected chi connectivity index (χ4v) is 4.05. The summed E-state index contributed by atoms with van der Waals surface area (Å²) in [5.41, 5.74) is 3.19. The highest BCUT2D eigenvalue weighted by Gasteiger charge is 2.39. The van der Waals surface area contributed by atoms with Crippen LogP contribution in [0.2, 0.25) is 5.02 Å². The molecule has 1 aromatic carbocycles. The maximum atomic E-state index is 12.6. The first-order chi connectivity index (χ1) is 11.2. The van der Waals surface area contributed by atoms with Gasteiger partial charge in [0.2, 0.25) is 0 Å². The summed E-state index contributed by atoms with van der Waals surface area (Å²) in [7, 11) is 0. The number of carbonyl (C=O) groups is 1. The lowest BCUT2D eigenvalue weighted by Crippen LogP contribution is -2.53. The van der Waals surface area contributed by atoms with E-state index in [0.717, 1.165) is 36.3 Å². The Morgan fingerprint density at radius 2 is 2.00 bits per heavy atom. The van der Waals surface area contributed by atoms with Crippen molar-refractivity contribution in [1.82, 2.24) is 4.90 Å². The van der Waals surface area contributed by atoms with Crippen LogP contribution in [-0.2, 0) is 4.74 Å². The SMILES string of the molecule is Cc1cc(Cl)cc(C2=CC3CCCC(C2)N3C(=O)OC(C)(C)C)c1. The third-order valence-corrected chi connectivity index (χ3v) is 4.87. The third-order valence-electron chi connectivity index (χ3n) is 4.65. The van der Waals surface area contributed by atoms with Crippen molar-refractivity contribution in [3.63, 3.8) is 0 Å². The molecule has 4 heteroatoms. The van der Waals surface area contributed by atoms with E-state index in [-0.39, 0.29) is 18.2 Å². The number of fused-ring (bicyclic) bond motifs is 2. The molecule has 1 amide bonds. The van der Waals surface area contributed by atoms with E-state index in [1.165, 1.54) is 11.1 Å². The monoisotopic (exact) mass is 347 g/mol. The molecule has 0 N–H and O–H groups in total. The van der Waals surface area contributed by atoms with Crippen molar-refractivity contribution in [2.45, 2.75) is 71.1 Å². The topological polar surface area (TPSA) is 29.5 Å². The van der Waals surface area contributed by atoms with Gasteiger partial charge in [-0.25, -0.2) is 4.79 Å². The van der Waals surface area contributed by atoms with Crippen molar-refractivity contribution in [3.05, 3.63) is 40.4 Å². The van der Waals surface area contributed by atoms with Crippen molar-refractivity contribution in [2.75, 3.05) is 0 Å². The van der Waals surface area contributed by atoms with E-state index in [2.05, 4.69) is 19.1 Å². The van der Waals surface area contributed by atoms with Crippen LogP contribution in [0.15, 0.2) is 24.3 Å². The minimum absolute atomic E-state index is 0.127. The lowest BCUT2D eigenvalue weighted by Gasteiger charge is -2.45. The number of nitrogens with zero attached hydrogens (tertiary/aromatic N) is 1. The molecule has 1 fully saturated rings. The number of benzene rings is 1. The number of amides is 1. The van der Waals surface area contributed by atoms with Gasteiger partial charge < -0.3 is 4.74 Å². The first-order valence-electron chi connectivity index (χ1n) is 8.72. The van der Waals surface area contributed by atoms with E-state index < -0.39 is 5.60 Å². The zero-order valence-electron chi connectivity index (χ0n) is 14.9. The largest absolute Gasteiger partial charge is 0.444 e. The lowest BCUT2D eigenvalue weighted by molar-refractivity contribution is 0.0000850. The number of halogens is 1. The maximum absolute atomic E-state index is 12.6. The average molecular weight is 348 g/mol. The van der Waals surface area contributed by atoms with Crippen LogP contribution in [0, 0.1) is 6.92 Å². The molecule has 24 heavy (non-hydrogen) atoms. The van der Waals surface area contributed by atoms with Gasteiger partial charge in [-0.15, -0.1) is 0 Å². The van der Waals surface area contributed by atoms with Gasteiger partial charge >= 0.3 is 6.09 Å². The van der Waals surface area contributed by atoms with Gasteiger partial charge in [0.25, 0.3) is 0 Å². The van der Waals surface area contributed by atoms with Crippen LogP contribution in [-0.4, -0.2) is 28.7 Å². The van der Waals surface area contributed by atoms with E-state index in [1.54, 1.807) is 0 Å². The summed E-state index contributed by atoms with van der Waals surface area (Å²) in [5, 5.41) is 0.769. The molecule has 2 bridgehead atoms. The smallest absolute Gasteiger partial charge is 0.411 e. The second-order valence-electron chi connectivity index (χ2n) is 7.95. The number of carbonyl (C=O) groups excluding carboxylic acids is 1. The Kier molecular flexibility index (Phi) is 4.65. The molecule has 3 nitrogen and oxygen atoms in total. The lowest BCUT2D eigenvalue weighted by atomic mass is 9.83. The molecule has 0 aromatic heterocycles. The third kappa shape index (κ3) is 3.77. The predicted molar refractivity (Wildman–Crippen MR) is 98.3 cm³/mol. The molecule has 1 saturated heterocycles. The first kappa shape index (κ1) is 17.3. The second kappa shape index (κ2) is 6.44. The first-order valence-corrected chi connectivity index (χ1v) is 9.10. The fraction of sp³-hybridized carbons (Fsp3) is 0.550. The van der Waals surface area contributed by atoms with E-state index in [4.69, 9.17) is 16.3 Å². The standard InChI is InChI=1S/C20H26ClNO2/c1-13-8-14(10-16(21)9-13)15-11-17-6-5-7-18(12-15)22(17)19(23)24-20(2,3)4/h8-11,17-18H,5-7,12H2,1-4H3. The number of aryl methyl sites for hydroxylation is 1. The molecule has 2 unspecified atom stereocenters. The van der Waals surface area contributed by atoms with Crippen molar-refractivity contribution >= 4 is 23.3 Å². The summed E-state index contributed by atoms with van der Waals surface area (Å²) in [6.45, 7) is 7.81. The van der Waals surface area contributed by atoms with Crippen LogP contribution in [0.4, 0.5) is 4.79 Å². The van der Waals surface area contributed by atoms with Gasteiger partial charge in [0.1, 0.15) is 5.60 Å². The van der Waals surface area contributed by atoms with Crippen molar-refractivity contribution in [2.24, 2.45) is 0 Å². The highest BCUT2D eigenvalue weighted by Crippen LogP contribution is 2.38. The normalized spacial score (nSPS) is 23.7. The van der Waals surface area contributed by atoms with Gasteiger partial charge in [-0.3, -0.25) is 4.90 Å². The highest BCUT2D eigenvalue weighted by atomic mass is 35.5. The Balaban J connectivity index is 1.88. The van der Waals surface area contributed by atoms with Crippen LogP contribution in [0.25, 0.3) is 5.57 Å². The average Bonchev–Trinajstić information content (AvgIpc) is 2.42. The molecule has 2 heterocycles. The number of rotatable bonds is 1. The van der Waals surface area contributed by atoms with Crippen molar-refractivity contribution in [3.8, 4) is 0 Å². The molecule has 0 aliphatic carbocycles. The van der Waals surface area contributed by atoms with Crippen LogP contribution in [0.5, 0.6) is 0 Å². The molecular weight excluding hydrogens is 322 g/mol. The van der Waals surface area contributed by atoms with E-state index >= 15 is 0 Å². The molecule has 1 aromatic rings. The summed E-state index contributed by atoms with van der Waals surface area (Å²) in [5.74, 6) is 0. The predicted octanol–water partition coefficient (Wildman–Crippen LogP) is 5.59. The number of piperidine rings is 1. The fourth-order valence-electron chi connectivity index (χ4n) is 3.76. The van der Waals surface area contributed by atoms with Crippen molar-refractivity contribution < 1.29 is 9.53 Å². The van der Waals surface area contributed by atoms with Gasteiger partial charge in [0.15, 0.2) is 0 Å². The summed E-state index contributed by atoms with van der Waals surface area (Å²) in [6, 6.07) is 6.53. The summed E-state index contributed by atoms with van der Waals surface area (Å²) >= 11 is 6.23. The second-order valence-corrected chi connectivity index (χ2v) is 8.39. The van der Waals surface area contributed by atoms with Crippen molar-refractivity contribution in [1.29, 1.82) is 0 Å². The summed E-state index contributed by atoms with van der Waals surface area (Å²) in [6.07, 6.45) is 6.12. The minimum Gasteiger partial charge on any atom is -0.444 e. The van der Waals surface area contributed by atoms with Gasteiger partial charge in [-0.2, -0.15) is 0 Å². The maximum Gasteiger partial charge on any atom is 0.411 e. The zero-order chi connectivity index (χ0) is 17.5. The van der Waals surface area contributed by atoms with Gasteiger partial charge in [0.05, 0.1) is 6.04 Å². The Hall–Kier alpha value is -1.48. The van der Waals surface area contributed by atoms with Crippen LogP contribution in [0.1, 0.15) is 57.6 Å². The molecule has 3 rings (SSSR count). The zero-order valence-corrected chi connectivity index (χ0v) is 15.7. The Morgan fingerprint density at radius 1 is 1.25 bits per heavy atom. The molecule has 2 aliphatic rings. The number of hydrogen-bond acceptors (Lipinski definition) is 2. The Morgan fingerprint density at radius 3 is 2.62 bits per heavy atom. The molecule has 0 spiro atoms. The summed E-state index contributed by atoms with van der Waals surface area (Å²) in [4.78, 5) is 14.6. The van der Waals surface area contributed by atoms with E-state index in [0.29, 0.717) is 0 Å². The highest BCUT2D eigenvalue weighted by molar-refractivity contribution is 6.30. The van der Waals surface area contributed by atoms with Gasteiger partial charge in [-0.05, 0) is 82.2 Å². The van der Waals surface area contributed by atoms with Gasteiger partial charge in [-0.1, -0.05) is 23.7 Å². The molecule has 0 saturated carbocycles. The molecule has 130 valence electrons. The molecular formula is C20H26ClNO2. The number of hydrogen-bond donors (Lipinski definition) is 0. The quantitative estimate of drug-likeness (QED) is 0.662. The van der Waals surface area contributed by atoms with E-state index in [1.807, 2.05) is 37.8 Å². The summed E-state index contributed by atoms with van der Waals surface area (Å²) < 4.78 is 5.63.